The number of nitrogens with one attached hydrogen (secondary N) is 2. The predicted octanol–water partition coefficient (Wildman–Crippen LogP) is 3.46. The summed E-state index contributed by atoms with van der Waals surface area (Å²) in [4.78, 5) is 24.4. The van der Waals surface area contributed by atoms with Gasteiger partial charge in [-0.2, -0.15) is 0 Å². The Morgan fingerprint density at radius 3 is 2.59 bits per heavy atom. The zero-order valence-corrected chi connectivity index (χ0v) is 14.0. The Kier molecular flexibility index (Phi) is 5.71. The van der Waals surface area contributed by atoms with Crippen LogP contribution in [0.2, 0.25) is 0 Å². The van der Waals surface area contributed by atoms with Crippen LogP contribution in [0.1, 0.15) is 20.7 Å². The molecule has 0 unspecified atom stereocenters. The molecule has 2 amide bonds. The van der Waals surface area contributed by atoms with Crippen molar-refractivity contribution in [3.63, 3.8) is 0 Å². The third-order valence-corrected chi connectivity index (χ3v) is 3.58. The van der Waals surface area contributed by atoms with Crippen LogP contribution in [0, 0.1) is 3.57 Å². The van der Waals surface area contributed by atoms with Gasteiger partial charge in [0.2, 0.25) is 0 Å². The van der Waals surface area contributed by atoms with Crippen molar-refractivity contribution in [2.24, 2.45) is 0 Å². The number of carbonyl (C=O) groups excluding carboxylic acids is 2. The highest BCUT2D eigenvalue weighted by Crippen LogP contribution is 2.17. The van der Waals surface area contributed by atoms with Crippen molar-refractivity contribution in [1.29, 1.82) is 0 Å². The molecule has 0 atom stereocenters. The first-order valence-electron chi connectivity index (χ1n) is 6.67. The molecule has 0 saturated carbocycles. The normalized spacial score (nSPS) is 9.86. The SMILES string of the molecule is C=CCNC(=O)c1ccccc1NC(=O)c1cccc(I)c1. The Morgan fingerprint density at radius 1 is 1.09 bits per heavy atom. The standard InChI is InChI=1S/C17H15IN2O2/c1-2-10-19-17(22)14-8-3-4-9-15(14)20-16(21)12-6-5-7-13(18)11-12/h2-9,11H,1,10H2,(H,19,22)(H,20,21). The summed E-state index contributed by atoms with van der Waals surface area (Å²) in [6.45, 7) is 3.93. The number of benzene rings is 2. The number of halogens is 1. The summed E-state index contributed by atoms with van der Waals surface area (Å²) < 4.78 is 0.974. The van der Waals surface area contributed by atoms with Gasteiger partial charge in [-0.15, -0.1) is 6.58 Å². The van der Waals surface area contributed by atoms with Crippen LogP contribution in [0.5, 0.6) is 0 Å². The fraction of sp³-hybridized carbons (Fsp3) is 0.0588. The molecule has 2 aromatic rings. The van der Waals surface area contributed by atoms with E-state index in [0.717, 1.165) is 3.57 Å². The fourth-order valence-corrected chi connectivity index (χ4v) is 2.42. The molecule has 0 radical (unpaired) electrons. The molecule has 112 valence electrons. The highest BCUT2D eigenvalue weighted by atomic mass is 127. The van der Waals surface area contributed by atoms with Crippen LogP contribution in [-0.2, 0) is 0 Å². The Balaban J connectivity index is 2.21. The van der Waals surface area contributed by atoms with Crippen molar-refractivity contribution < 1.29 is 9.59 Å². The van der Waals surface area contributed by atoms with Crippen LogP contribution < -0.4 is 10.6 Å². The predicted molar refractivity (Wildman–Crippen MR) is 96.1 cm³/mol. The first kappa shape index (κ1) is 16.2. The summed E-state index contributed by atoms with van der Waals surface area (Å²) in [5.41, 5.74) is 1.45. The first-order chi connectivity index (χ1) is 10.6. The molecule has 0 bridgehead atoms. The largest absolute Gasteiger partial charge is 0.349 e. The topological polar surface area (TPSA) is 58.2 Å². The Morgan fingerprint density at radius 2 is 1.86 bits per heavy atom. The average molecular weight is 406 g/mol. The van der Waals surface area contributed by atoms with Gasteiger partial charge < -0.3 is 10.6 Å². The van der Waals surface area contributed by atoms with Crippen LogP contribution >= 0.6 is 22.6 Å². The van der Waals surface area contributed by atoms with Crippen LogP contribution in [0.3, 0.4) is 0 Å². The van der Waals surface area contributed by atoms with Crippen LogP contribution in [0.4, 0.5) is 5.69 Å². The first-order valence-corrected chi connectivity index (χ1v) is 7.74. The van der Waals surface area contributed by atoms with Crippen molar-refractivity contribution in [2.45, 2.75) is 0 Å². The van der Waals surface area contributed by atoms with Crippen molar-refractivity contribution in [3.05, 3.63) is 75.9 Å². The molecule has 5 heteroatoms. The molecule has 0 fully saturated rings. The van der Waals surface area contributed by atoms with Gasteiger partial charge in [-0.3, -0.25) is 9.59 Å². The zero-order chi connectivity index (χ0) is 15.9. The molecule has 0 aromatic heterocycles. The third-order valence-electron chi connectivity index (χ3n) is 2.91. The lowest BCUT2D eigenvalue weighted by molar-refractivity contribution is 0.0959. The summed E-state index contributed by atoms with van der Waals surface area (Å²) >= 11 is 2.15. The van der Waals surface area contributed by atoms with E-state index in [2.05, 4.69) is 39.8 Å². The molecule has 2 aromatic carbocycles. The number of rotatable bonds is 5. The molecule has 0 aliphatic rings. The maximum absolute atomic E-state index is 12.3. The van der Waals surface area contributed by atoms with Gasteiger partial charge in [0.05, 0.1) is 11.3 Å². The minimum absolute atomic E-state index is 0.248. The number of anilines is 1. The molecule has 0 saturated heterocycles. The van der Waals surface area contributed by atoms with E-state index in [0.29, 0.717) is 23.4 Å². The number of hydrogen-bond acceptors (Lipinski definition) is 2. The monoisotopic (exact) mass is 406 g/mol. The summed E-state index contributed by atoms with van der Waals surface area (Å²) in [5, 5.41) is 5.48. The lowest BCUT2D eigenvalue weighted by Gasteiger charge is -2.11. The van der Waals surface area contributed by atoms with E-state index in [1.165, 1.54) is 0 Å². The summed E-state index contributed by atoms with van der Waals surface area (Å²) in [7, 11) is 0. The van der Waals surface area contributed by atoms with E-state index >= 15 is 0 Å². The lowest BCUT2D eigenvalue weighted by Crippen LogP contribution is -2.25. The molecule has 0 heterocycles. The fourth-order valence-electron chi connectivity index (χ4n) is 1.87. The summed E-state index contributed by atoms with van der Waals surface area (Å²) in [6.07, 6.45) is 1.60. The van der Waals surface area contributed by atoms with Crippen molar-refractivity contribution in [2.75, 3.05) is 11.9 Å². The van der Waals surface area contributed by atoms with E-state index < -0.39 is 0 Å². The van der Waals surface area contributed by atoms with E-state index in [1.807, 2.05) is 12.1 Å². The van der Waals surface area contributed by atoms with Gasteiger partial charge in [0, 0.05) is 15.7 Å². The van der Waals surface area contributed by atoms with E-state index in [4.69, 9.17) is 0 Å². The molecule has 2 rings (SSSR count). The van der Waals surface area contributed by atoms with E-state index in [9.17, 15) is 9.59 Å². The smallest absolute Gasteiger partial charge is 0.255 e. The van der Waals surface area contributed by atoms with Crippen molar-refractivity contribution in [1.82, 2.24) is 5.32 Å². The second-order valence-corrected chi connectivity index (χ2v) is 5.75. The molecule has 2 N–H and O–H groups in total. The van der Waals surface area contributed by atoms with Crippen molar-refractivity contribution in [3.8, 4) is 0 Å². The zero-order valence-electron chi connectivity index (χ0n) is 11.8. The Hall–Kier alpha value is -2.15. The average Bonchev–Trinajstić information content (AvgIpc) is 2.53. The minimum atomic E-state index is -0.251. The van der Waals surface area contributed by atoms with Crippen LogP contribution in [-0.4, -0.2) is 18.4 Å². The third kappa shape index (κ3) is 4.17. The number of carbonyl (C=O) groups is 2. The van der Waals surface area contributed by atoms with E-state index in [-0.39, 0.29) is 11.8 Å². The highest BCUT2D eigenvalue weighted by Gasteiger charge is 2.13. The molecule has 0 aliphatic carbocycles. The van der Waals surface area contributed by atoms with Gasteiger partial charge >= 0.3 is 0 Å². The Bertz CT molecular complexity index is 713. The molecule has 0 spiro atoms. The maximum Gasteiger partial charge on any atom is 0.255 e. The summed E-state index contributed by atoms with van der Waals surface area (Å²) in [5.74, 6) is -0.499. The minimum Gasteiger partial charge on any atom is -0.349 e. The molecule has 22 heavy (non-hydrogen) atoms. The lowest BCUT2D eigenvalue weighted by atomic mass is 10.1. The van der Waals surface area contributed by atoms with Crippen LogP contribution in [0.25, 0.3) is 0 Å². The van der Waals surface area contributed by atoms with Crippen molar-refractivity contribution >= 4 is 40.1 Å². The molecule has 0 aliphatic heterocycles. The highest BCUT2D eigenvalue weighted by molar-refractivity contribution is 14.1. The maximum atomic E-state index is 12.3. The summed E-state index contributed by atoms with van der Waals surface area (Å²) in [6, 6.07) is 14.2. The second-order valence-electron chi connectivity index (χ2n) is 4.51. The number of hydrogen-bond donors (Lipinski definition) is 2. The quantitative estimate of drug-likeness (QED) is 0.591. The van der Waals surface area contributed by atoms with Crippen LogP contribution in [0.15, 0.2) is 61.2 Å². The second kappa shape index (κ2) is 7.74. The molecule has 4 nitrogen and oxygen atoms in total. The number of para-hydroxylation sites is 1. The van der Waals surface area contributed by atoms with E-state index in [1.54, 1.807) is 42.5 Å². The van der Waals surface area contributed by atoms with Gasteiger partial charge in [0.1, 0.15) is 0 Å². The molecular weight excluding hydrogens is 391 g/mol. The van der Waals surface area contributed by atoms with Gasteiger partial charge in [-0.1, -0.05) is 24.3 Å². The van der Waals surface area contributed by atoms with Gasteiger partial charge in [0.25, 0.3) is 11.8 Å². The van der Waals surface area contributed by atoms with Gasteiger partial charge in [-0.25, -0.2) is 0 Å². The molecular formula is C17H15IN2O2. The Labute approximate surface area is 142 Å². The van der Waals surface area contributed by atoms with Gasteiger partial charge in [-0.05, 0) is 52.9 Å². The number of amides is 2. The van der Waals surface area contributed by atoms with Gasteiger partial charge in [0.15, 0.2) is 0 Å².